The van der Waals surface area contributed by atoms with Crippen molar-refractivity contribution in [3.05, 3.63) is 57.6 Å². The Balaban J connectivity index is 0.000000231. The van der Waals surface area contributed by atoms with Crippen LogP contribution in [0.15, 0.2) is 34.8 Å². The fourth-order valence-corrected chi connectivity index (χ4v) is 2.04. The van der Waals surface area contributed by atoms with Gasteiger partial charge in [-0.15, -0.1) is 0 Å². The van der Waals surface area contributed by atoms with Crippen molar-refractivity contribution in [1.82, 2.24) is 0 Å². The van der Waals surface area contributed by atoms with E-state index in [1.54, 1.807) is 0 Å². The molecule has 7 heteroatoms. The minimum atomic E-state index is -0.579. The monoisotopic (exact) mass is 386 g/mol. The van der Waals surface area contributed by atoms with Gasteiger partial charge in [0.15, 0.2) is 12.6 Å². The Morgan fingerprint density at radius 2 is 1.52 bits per heavy atom. The first-order valence-corrected chi connectivity index (χ1v) is 7.03. The summed E-state index contributed by atoms with van der Waals surface area (Å²) in [4.78, 5) is 20.4. The lowest BCUT2D eigenvalue weighted by Crippen LogP contribution is -1.91. The van der Waals surface area contributed by atoms with Gasteiger partial charge < -0.3 is 9.47 Å². The second-order valence-corrected chi connectivity index (χ2v) is 4.99. The standard InChI is InChI=1S/C8H6BrFO2.C8H7FO2/c1-12-8-3-7(10)5(4-11)2-6(8)9;1-11-7-3-2-6(5-10)8(9)4-7/h2-4H,1H3;2-5H,1H3. The van der Waals surface area contributed by atoms with Crippen LogP contribution in [-0.4, -0.2) is 26.8 Å². The molecule has 0 fully saturated rings. The number of rotatable bonds is 4. The van der Waals surface area contributed by atoms with Gasteiger partial charge in [0, 0.05) is 12.1 Å². The molecule has 0 bridgehead atoms. The van der Waals surface area contributed by atoms with E-state index in [-0.39, 0.29) is 11.1 Å². The van der Waals surface area contributed by atoms with Crippen LogP contribution < -0.4 is 9.47 Å². The quantitative estimate of drug-likeness (QED) is 0.743. The molecule has 0 aliphatic rings. The molecule has 2 aromatic carbocycles. The van der Waals surface area contributed by atoms with Crippen molar-refractivity contribution in [1.29, 1.82) is 0 Å². The van der Waals surface area contributed by atoms with Crippen LogP contribution in [0.4, 0.5) is 8.78 Å². The van der Waals surface area contributed by atoms with Crippen LogP contribution in [-0.2, 0) is 0 Å². The van der Waals surface area contributed by atoms with Crippen molar-refractivity contribution < 1.29 is 27.8 Å². The van der Waals surface area contributed by atoms with Gasteiger partial charge in [-0.1, -0.05) is 0 Å². The fraction of sp³-hybridized carbons (Fsp3) is 0.125. The van der Waals surface area contributed by atoms with Crippen molar-refractivity contribution in [3.8, 4) is 11.5 Å². The molecule has 0 N–H and O–H groups in total. The van der Waals surface area contributed by atoms with Gasteiger partial charge in [-0.25, -0.2) is 8.78 Å². The maximum atomic E-state index is 12.9. The molecule has 2 aromatic rings. The van der Waals surface area contributed by atoms with E-state index in [1.165, 1.54) is 38.5 Å². The summed E-state index contributed by atoms with van der Waals surface area (Å²) in [7, 11) is 2.87. The normalized spacial score (nSPS) is 9.43. The Morgan fingerprint density at radius 3 is 2.00 bits per heavy atom. The average Bonchev–Trinajstić information content (AvgIpc) is 2.56. The van der Waals surface area contributed by atoms with E-state index in [2.05, 4.69) is 15.9 Å². The number of methoxy groups -OCH3 is 2. The molecule has 2 rings (SSSR count). The van der Waals surface area contributed by atoms with Crippen molar-refractivity contribution >= 4 is 28.5 Å². The third-order valence-corrected chi connectivity index (χ3v) is 3.35. The van der Waals surface area contributed by atoms with E-state index in [0.29, 0.717) is 28.5 Å². The first-order valence-electron chi connectivity index (χ1n) is 6.23. The van der Waals surface area contributed by atoms with Crippen LogP contribution in [0.2, 0.25) is 0 Å². The maximum Gasteiger partial charge on any atom is 0.153 e. The Kier molecular flexibility index (Phi) is 7.34. The van der Waals surface area contributed by atoms with Crippen molar-refractivity contribution in [2.45, 2.75) is 0 Å². The zero-order chi connectivity index (χ0) is 17.4. The first kappa shape index (κ1) is 18.8. The predicted octanol–water partition coefficient (Wildman–Crippen LogP) is 4.06. The Morgan fingerprint density at radius 1 is 0.913 bits per heavy atom. The zero-order valence-corrected chi connectivity index (χ0v) is 13.9. The van der Waals surface area contributed by atoms with E-state index in [0.717, 1.165) is 6.07 Å². The molecule has 4 nitrogen and oxygen atoms in total. The zero-order valence-electron chi connectivity index (χ0n) is 12.3. The molecule has 0 amide bonds. The highest BCUT2D eigenvalue weighted by molar-refractivity contribution is 9.10. The number of benzene rings is 2. The second kappa shape index (κ2) is 8.99. The molecule has 0 aliphatic heterocycles. The molecule has 0 unspecified atom stereocenters. The highest BCUT2D eigenvalue weighted by Crippen LogP contribution is 2.26. The number of hydrogen-bond acceptors (Lipinski definition) is 4. The number of hydrogen-bond donors (Lipinski definition) is 0. The van der Waals surface area contributed by atoms with E-state index < -0.39 is 11.6 Å². The number of carbonyl (C=O) groups excluding carboxylic acids is 2. The van der Waals surface area contributed by atoms with E-state index in [1.807, 2.05) is 0 Å². The average molecular weight is 387 g/mol. The van der Waals surface area contributed by atoms with Gasteiger partial charge in [-0.2, -0.15) is 0 Å². The molecule has 0 saturated heterocycles. The molecule has 0 atom stereocenters. The van der Waals surface area contributed by atoms with Crippen LogP contribution in [0.1, 0.15) is 20.7 Å². The van der Waals surface area contributed by atoms with Gasteiger partial charge in [-0.3, -0.25) is 9.59 Å². The van der Waals surface area contributed by atoms with E-state index in [9.17, 15) is 18.4 Å². The van der Waals surface area contributed by atoms with Gasteiger partial charge in [0.05, 0.1) is 29.8 Å². The number of carbonyl (C=O) groups is 2. The molecule has 0 saturated carbocycles. The summed E-state index contributed by atoms with van der Waals surface area (Å²) < 4.78 is 35.7. The van der Waals surface area contributed by atoms with Crippen LogP contribution in [0.3, 0.4) is 0 Å². The van der Waals surface area contributed by atoms with Crippen LogP contribution in [0.5, 0.6) is 11.5 Å². The van der Waals surface area contributed by atoms with Gasteiger partial charge in [0.1, 0.15) is 23.1 Å². The highest BCUT2D eigenvalue weighted by Gasteiger charge is 2.07. The van der Waals surface area contributed by atoms with Crippen LogP contribution >= 0.6 is 15.9 Å². The molecule has 23 heavy (non-hydrogen) atoms. The summed E-state index contributed by atoms with van der Waals surface area (Å²) in [6.07, 6.45) is 0.925. The van der Waals surface area contributed by atoms with Gasteiger partial charge in [0.2, 0.25) is 0 Å². The highest BCUT2D eigenvalue weighted by atomic mass is 79.9. The lowest BCUT2D eigenvalue weighted by Gasteiger charge is -2.03. The van der Waals surface area contributed by atoms with Crippen molar-refractivity contribution in [3.63, 3.8) is 0 Å². The summed E-state index contributed by atoms with van der Waals surface area (Å²) >= 11 is 3.13. The first-order chi connectivity index (χ1) is 11.0. The van der Waals surface area contributed by atoms with E-state index in [4.69, 9.17) is 9.47 Å². The Hall–Kier alpha value is -2.28. The third-order valence-electron chi connectivity index (χ3n) is 2.73. The van der Waals surface area contributed by atoms with Gasteiger partial charge >= 0.3 is 0 Å². The van der Waals surface area contributed by atoms with Crippen LogP contribution in [0, 0.1) is 11.6 Å². The summed E-state index contributed by atoms with van der Waals surface area (Å²) in [5, 5.41) is 0. The summed E-state index contributed by atoms with van der Waals surface area (Å²) in [5.74, 6) is -0.351. The fourth-order valence-electron chi connectivity index (χ4n) is 1.52. The molecule has 0 heterocycles. The molecule has 122 valence electrons. The molecule has 0 radical (unpaired) electrons. The molecule has 0 aliphatic carbocycles. The molecular formula is C16H13BrF2O4. The van der Waals surface area contributed by atoms with Crippen molar-refractivity contribution in [2.24, 2.45) is 0 Å². The minimum Gasteiger partial charge on any atom is -0.497 e. The number of aldehydes is 2. The molecule has 0 spiro atoms. The molecular weight excluding hydrogens is 374 g/mol. The largest absolute Gasteiger partial charge is 0.497 e. The number of halogens is 3. The topological polar surface area (TPSA) is 52.6 Å². The third kappa shape index (κ3) is 5.14. The SMILES string of the molecule is COc1cc(F)c(C=O)cc1Br.COc1ccc(C=O)c(F)c1. The van der Waals surface area contributed by atoms with Gasteiger partial charge in [-0.05, 0) is 34.1 Å². The summed E-state index contributed by atoms with van der Waals surface area (Å²) in [6, 6.07) is 6.62. The maximum absolute atomic E-state index is 12.9. The van der Waals surface area contributed by atoms with Gasteiger partial charge in [0.25, 0.3) is 0 Å². The second-order valence-electron chi connectivity index (χ2n) is 4.13. The smallest absolute Gasteiger partial charge is 0.153 e. The van der Waals surface area contributed by atoms with Crippen LogP contribution in [0.25, 0.3) is 0 Å². The minimum absolute atomic E-state index is 0.0164. The predicted molar refractivity (Wildman–Crippen MR) is 84.4 cm³/mol. The lowest BCUT2D eigenvalue weighted by molar-refractivity contribution is 0.111. The summed E-state index contributed by atoms with van der Waals surface area (Å²) in [6.45, 7) is 0. The molecule has 0 aromatic heterocycles. The number of ether oxygens (including phenoxy) is 2. The van der Waals surface area contributed by atoms with E-state index >= 15 is 0 Å². The van der Waals surface area contributed by atoms with Crippen molar-refractivity contribution in [2.75, 3.05) is 14.2 Å². The summed E-state index contributed by atoms with van der Waals surface area (Å²) in [5.41, 5.74) is 0.0634. The Labute approximate surface area is 140 Å². The lowest BCUT2D eigenvalue weighted by atomic mass is 10.2. The Bertz CT molecular complexity index is 705.